The van der Waals surface area contributed by atoms with Crippen molar-refractivity contribution in [2.24, 2.45) is 5.73 Å². The molecule has 14 heavy (non-hydrogen) atoms. The predicted molar refractivity (Wildman–Crippen MR) is 48.6 cm³/mol. The number of pyridine rings is 1. The second kappa shape index (κ2) is 4.48. The third-order valence-corrected chi connectivity index (χ3v) is 1.75. The van der Waals surface area contributed by atoms with E-state index in [1.54, 1.807) is 24.5 Å². The number of ketones is 1. The molecule has 0 saturated carbocycles. The molecule has 1 heterocycles. The fourth-order valence-corrected chi connectivity index (χ4v) is 1.02. The van der Waals surface area contributed by atoms with Gasteiger partial charge in [-0.15, -0.1) is 0 Å². The van der Waals surface area contributed by atoms with E-state index in [0.29, 0.717) is 0 Å². The van der Waals surface area contributed by atoms with Gasteiger partial charge in [-0.3, -0.25) is 9.78 Å². The van der Waals surface area contributed by atoms with Crippen molar-refractivity contribution in [3.8, 4) is 0 Å². The molecule has 1 aromatic rings. The number of aromatic nitrogens is 1. The Labute approximate surface area is 80.6 Å². The topological polar surface area (TPSA) is 93.3 Å². The summed E-state index contributed by atoms with van der Waals surface area (Å²) < 4.78 is 0. The van der Waals surface area contributed by atoms with Gasteiger partial charge in [-0.05, 0) is 24.1 Å². The average Bonchev–Trinajstić information content (AvgIpc) is 2.18. The molecule has 0 aliphatic rings. The fourth-order valence-electron chi connectivity index (χ4n) is 1.02. The van der Waals surface area contributed by atoms with Crippen molar-refractivity contribution in [2.75, 3.05) is 0 Å². The van der Waals surface area contributed by atoms with Crippen LogP contribution in [0.4, 0.5) is 0 Å². The summed E-state index contributed by atoms with van der Waals surface area (Å²) in [5.74, 6) is -2.46. The van der Waals surface area contributed by atoms with Crippen molar-refractivity contribution in [1.29, 1.82) is 0 Å². The highest BCUT2D eigenvalue weighted by molar-refractivity contribution is 6.34. The third kappa shape index (κ3) is 2.63. The monoisotopic (exact) mass is 194 g/mol. The number of carbonyl (C=O) groups is 2. The van der Waals surface area contributed by atoms with Gasteiger partial charge in [0.25, 0.3) is 5.78 Å². The van der Waals surface area contributed by atoms with Gasteiger partial charge in [0, 0.05) is 12.4 Å². The van der Waals surface area contributed by atoms with Crippen molar-refractivity contribution in [1.82, 2.24) is 4.98 Å². The van der Waals surface area contributed by atoms with Gasteiger partial charge >= 0.3 is 5.97 Å². The Morgan fingerprint density at radius 3 is 2.50 bits per heavy atom. The van der Waals surface area contributed by atoms with Gasteiger partial charge in [0.15, 0.2) is 0 Å². The number of nitrogens with zero attached hydrogens (tertiary/aromatic N) is 1. The van der Waals surface area contributed by atoms with E-state index in [-0.39, 0.29) is 6.42 Å². The number of carbonyl (C=O) groups excluding carboxylic acids is 1. The Hall–Kier alpha value is -1.75. The van der Waals surface area contributed by atoms with Crippen LogP contribution >= 0.6 is 0 Å². The summed E-state index contributed by atoms with van der Waals surface area (Å²) in [6.07, 6.45) is 3.34. The van der Waals surface area contributed by atoms with Crippen LogP contribution in [-0.2, 0) is 16.0 Å². The van der Waals surface area contributed by atoms with Crippen LogP contribution in [0.5, 0.6) is 0 Å². The zero-order valence-corrected chi connectivity index (χ0v) is 7.38. The van der Waals surface area contributed by atoms with Gasteiger partial charge in [0.05, 0.1) is 6.04 Å². The largest absolute Gasteiger partial charge is 0.475 e. The van der Waals surface area contributed by atoms with Crippen LogP contribution in [0.25, 0.3) is 0 Å². The first kappa shape index (κ1) is 10.3. The predicted octanol–water partition coefficient (Wildman–Crippen LogP) is -0.395. The molecule has 0 aliphatic heterocycles. The van der Waals surface area contributed by atoms with E-state index in [1.807, 2.05) is 0 Å². The molecule has 0 bridgehead atoms. The number of hydrogen-bond donors (Lipinski definition) is 2. The molecule has 0 fully saturated rings. The quantitative estimate of drug-likeness (QED) is 0.636. The van der Waals surface area contributed by atoms with Crippen molar-refractivity contribution in [2.45, 2.75) is 12.5 Å². The molecular weight excluding hydrogens is 184 g/mol. The van der Waals surface area contributed by atoms with Gasteiger partial charge in [0.1, 0.15) is 0 Å². The highest BCUT2D eigenvalue weighted by atomic mass is 16.4. The van der Waals surface area contributed by atoms with E-state index >= 15 is 0 Å². The van der Waals surface area contributed by atoms with Gasteiger partial charge in [-0.1, -0.05) is 0 Å². The Morgan fingerprint density at radius 2 is 2.00 bits per heavy atom. The number of hydrogen-bond acceptors (Lipinski definition) is 4. The maximum Gasteiger partial charge on any atom is 0.373 e. The fraction of sp³-hybridized carbons (Fsp3) is 0.222. The lowest BCUT2D eigenvalue weighted by molar-refractivity contribution is -0.149. The van der Waals surface area contributed by atoms with E-state index in [1.165, 1.54) is 0 Å². The molecule has 0 radical (unpaired) electrons. The molecule has 0 amide bonds. The first-order chi connectivity index (χ1) is 6.61. The lowest BCUT2D eigenvalue weighted by atomic mass is 10.0. The minimum Gasteiger partial charge on any atom is -0.475 e. The number of nitrogens with two attached hydrogens (primary N) is 1. The smallest absolute Gasteiger partial charge is 0.373 e. The molecule has 0 unspecified atom stereocenters. The second-order valence-electron chi connectivity index (χ2n) is 2.84. The van der Waals surface area contributed by atoms with Crippen LogP contribution < -0.4 is 5.73 Å². The van der Waals surface area contributed by atoms with Crippen molar-refractivity contribution >= 4 is 11.8 Å². The zero-order chi connectivity index (χ0) is 10.6. The van der Waals surface area contributed by atoms with Crippen LogP contribution in [0, 0.1) is 0 Å². The van der Waals surface area contributed by atoms with Crippen molar-refractivity contribution in [3.05, 3.63) is 30.1 Å². The van der Waals surface area contributed by atoms with E-state index in [2.05, 4.69) is 4.98 Å². The van der Waals surface area contributed by atoms with Gasteiger partial charge in [0.2, 0.25) is 0 Å². The summed E-state index contributed by atoms with van der Waals surface area (Å²) in [4.78, 5) is 25.0. The Morgan fingerprint density at radius 1 is 1.43 bits per heavy atom. The molecule has 0 aromatic carbocycles. The maximum absolute atomic E-state index is 10.9. The van der Waals surface area contributed by atoms with Crippen LogP contribution in [0.15, 0.2) is 24.5 Å². The summed E-state index contributed by atoms with van der Waals surface area (Å²) in [6.45, 7) is 0. The second-order valence-corrected chi connectivity index (χ2v) is 2.84. The van der Waals surface area contributed by atoms with Crippen molar-refractivity contribution in [3.63, 3.8) is 0 Å². The molecule has 0 saturated heterocycles. The zero-order valence-electron chi connectivity index (χ0n) is 7.38. The van der Waals surface area contributed by atoms with E-state index in [4.69, 9.17) is 10.8 Å². The number of Topliss-reactive ketones (excluding diaryl/α,β-unsaturated/α-hetero) is 1. The molecule has 1 atom stereocenters. The highest BCUT2D eigenvalue weighted by Crippen LogP contribution is 2.00. The number of carboxylic acids is 1. The standard InChI is InChI=1S/C9H10N2O3/c10-7(8(12)9(13)14)5-6-1-3-11-4-2-6/h1-4,7H,5,10H2,(H,13,14)/t7-/m0/s1. The SMILES string of the molecule is N[C@@H](Cc1ccncc1)C(=O)C(=O)O. The van der Waals surface area contributed by atoms with Crippen LogP contribution in [0.2, 0.25) is 0 Å². The first-order valence-electron chi connectivity index (χ1n) is 4.03. The van der Waals surface area contributed by atoms with E-state index < -0.39 is 17.8 Å². The summed E-state index contributed by atoms with van der Waals surface area (Å²) >= 11 is 0. The Bertz CT molecular complexity index is 337. The van der Waals surface area contributed by atoms with Crippen LogP contribution in [-0.4, -0.2) is 27.9 Å². The summed E-state index contributed by atoms with van der Waals surface area (Å²) in [5.41, 5.74) is 6.19. The average molecular weight is 194 g/mol. The molecule has 0 aliphatic carbocycles. The lowest BCUT2D eigenvalue weighted by Gasteiger charge is -2.06. The molecule has 0 spiro atoms. The molecule has 1 rings (SSSR count). The minimum atomic E-state index is -1.49. The lowest BCUT2D eigenvalue weighted by Crippen LogP contribution is -2.37. The molecular formula is C9H10N2O3. The first-order valence-corrected chi connectivity index (χ1v) is 4.03. The molecule has 5 heteroatoms. The van der Waals surface area contributed by atoms with E-state index in [0.717, 1.165) is 5.56 Å². The molecule has 1 aromatic heterocycles. The molecule has 3 N–H and O–H groups in total. The summed E-state index contributed by atoms with van der Waals surface area (Å²) in [7, 11) is 0. The Balaban J connectivity index is 2.62. The summed E-state index contributed by atoms with van der Waals surface area (Å²) in [5, 5.41) is 8.39. The number of carboxylic acid groups (broad SMARTS) is 1. The third-order valence-electron chi connectivity index (χ3n) is 1.75. The number of aliphatic carboxylic acids is 1. The van der Waals surface area contributed by atoms with Crippen LogP contribution in [0.1, 0.15) is 5.56 Å². The maximum atomic E-state index is 10.9. The number of rotatable bonds is 4. The van der Waals surface area contributed by atoms with Gasteiger partial charge < -0.3 is 10.8 Å². The minimum absolute atomic E-state index is 0.216. The van der Waals surface area contributed by atoms with Gasteiger partial charge in [-0.2, -0.15) is 0 Å². The van der Waals surface area contributed by atoms with E-state index in [9.17, 15) is 9.59 Å². The molecule has 5 nitrogen and oxygen atoms in total. The van der Waals surface area contributed by atoms with Crippen molar-refractivity contribution < 1.29 is 14.7 Å². The van der Waals surface area contributed by atoms with Crippen LogP contribution in [0.3, 0.4) is 0 Å². The molecule has 74 valence electrons. The Kier molecular flexibility index (Phi) is 3.30. The summed E-state index contributed by atoms with van der Waals surface area (Å²) in [6, 6.07) is 2.39. The van der Waals surface area contributed by atoms with Gasteiger partial charge in [-0.25, -0.2) is 4.79 Å². The normalized spacial score (nSPS) is 12.1. The highest BCUT2D eigenvalue weighted by Gasteiger charge is 2.20.